The molecular formula is C6H11ClO4P-. The van der Waals surface area contributed by atoms with Gasteiger partial charge in [0, 0.05) is 0 Å². The van der Waals surface area contributed by atoms with Gasteiger partial charge in [-0.15, -0.1) is 6.26 Å². The molecule has 0 saturated heterocycles. The lowest BCUT2D eigenvalue weighted by molar-refractivity contribution is -0.275. The van der Waals surface area contributed by atoms with Crippen molar-refractivity contribution >= 4 is 19.2 Å². The molecule has 0 aromatic heterocycles. The Labute approximate surface area is 76.7 Å². The van der Waals surface area contributed by atoms with Crippen molar-refractivity contribution in [1.82, 2.24) is 0 Å². The van der Waals surface area contributed by atoms with E-state index < -0.39 is 12.4 Å². The zero-order chi connectivity index (χ0) is 9.61. The highest BCUT2D eigenvalue weighted by Gasteiger charge is 2.26. The third kappa shape index (κ3) is 3.15. The molecule has 0 rings (SSSR count). The van der Waals surface area contributed by atoms with Gasteiger partial charge in [0.05, 0.1) is 13.2 Å². The zero-order valence-corrected chi connectivity index (χ0v) is 8.60. The molecule has 0 aliphatic rings. The van der Waals surface area contributed by atoms with Crippen molar-refractivity contribution in [3.8, 4) is 0 Å². The Bertz CT molecular complexity index is 194. The lowest BCUT2D eigenvalue weighted by Crippen LogP contribution is -1.98. The summed E-state index contributed by atoms with van der Waals surface area (Å²) >= 11 is 5.37. The van der Waals surface area contributed by atoms with Gasteiger partial charge in [-0.25, -0.2) is 0 Å². The lowest BCUT2D eigenvalue weighted by atomic mass is 10.9. The normalized spacial score (nSPS) is 13.4. The number of halogens is 1. The fourth-order valence-corrected chi connectivity index (χ4v) is 1.99. The summed E-state index contributed by atoms with van der Waals surface area (Å²) in [6.07, 6.45) is 0.271. The third-order valence-corrected chi connectivity index (χ3v) is 3.49. The summed E-state index contributed by atoms with van der Waals surface area (Å²) in [6, 6.07) is 0. The van der Waals surface area contributed by atoms with Crippen molar-refractivity contribution in [2.75, 3.05) is 13.2 Å². The summed E-state index contributed by atoms with van der Waals surface area (Å²) in [5, 5.41) is 10.2. The molecular weight excluding hydrogens is 202 g/mol. The van der Waals surface area contributed by atoms with Crippen molar-refractivity contribution in [3.63, 3.8) is 0 Å². The van der Waals surface area contributed by atoms with Crippen LogP contribution in [0.3, 0.4) is 0 Å². The molecule has 0 aromatic carbocycles. The minimum atomic E-state index is -3.50. The standard InChI is InChI=1S/C6H12ClO4P/c1-3-10-12(9,11-4-2)6(7)5-8/h5,8H,3-4H2,1-2H3/p-1/b6-5+. The van der Waals surface area contributed by atoms with Crippen LogP contribution >= 0.6 is 19.2 Å². The molecule has 0 amide bonds. The van der Waals surface area contributed by atoms with Crippen molar-refractivity contribution in [3.05, 3.63) is 11.0 Å². The predicted molar refractivity (Wildman–Crippen MR) is 44.8 cm³/mol. The first-order valence-corrected chi connectivity index (χ1v) is 5.40. The molecule has 0 aliphatic heterocycles. The van der Waals surface area contributed by atoms with Gasteiger partial charge in [-0.2, -0.15) is 0 Å². The summed E-state index contributed by atoms with van der Waals surface area (Å²) < 4.78 is 20.6. The van der Waals surface area contributed by atoms with Crippen LogP contribution in [0.15, 0.2) is 11.0 Å². The van der Waals surface area contributed by atoms with Crippen LogP contribution in [0.1, 0.15) is 13.8 Å². The van der Waals surface area contributed by atoms with Crippen LogP contribution in [-0.4, -0.2) is 13.2 Å². The van der Waals surface area contributed by atoms with Crippen LogP contribution < -0.4 is 5.11 Å². The maximum absolute atomic E-state index is 11.5. The van der Waals surface area contributed by atoms with Crippen LogP contribution in [0.25, 0.3) is 0 Å². The summed E-state index contributed by atoms with van der Waals surface area (Å²) in [5.74, 6) is 0. The van der Waals surface area contributed by atoms with Gasteiger partial charge >= 0.3 is 7.60 Å². The second-order valence-corrected chi connectivity index (χ2v) is 4.44. The molecule has 0 aromatic rings. The van der Waals surface area contributed by atoms with Gasteiger partial charge < -0.3 is 14.2 Å². The zero-order valence-electron chi connectivity index (χ0n) is 6.95. The molecule has 6 heteroatoms. The minimum Gasteiger partial charge on any atom is -0.877 e. The Hall–Kier alpha value is -0.0200. The molecule has 0 atom stereocenters. The Kier molecular flexibility index (Phi) is 5.59. The Morgan fingerprint density at radius 1 is 1.50 bits per heavy atom. The average Bonchev–Trinajstić information content (AvgIpc) is 2.04. The summed E-state index contributed by atoms with van der Waals surface area (Å²) in [5.41, 5.74) is 0. The SMILES string of the molecule is CCOP(=O)(OCC)/C(Cl)=C/[O-]. The van der Waals surface area contributed by atoms with Crippen molar-refractivity contribution in [2.24, 2.45) is 0 Å². The molecule has 0 spiro atoms. The second kappa shape index (κ2) is 5.60. The fraction of sp³-hybridized carbons (Fsp3) is 0.667. The molecule has 0 bridgehead atoms. The number of rotatable bonds is 5. The molecule has 0 aliphatic carbocycles. The molecule has 12 heavy (non-hydrogen) atoms. The molecule has 0 radical (unpaired) electrons. The van der Waals surface area contributed by atoms with Gasteiger partial charge in [0.1, 0.15) is 4.77 Å². The van der Waals surface area contributed by atoms with Gasteiger partial charge in [0.15, 0.2) is 0 Å². The van der Waals surface area contributed by atoms with E-state index >= 15 is 0 Å². The minimum absolute atomic E-state index is 0.182. The van der Waals surface area contributed by atoms with Crippen molar-refractivity contribution < 1.29 is 18.7 Å². The molecule has 0 fully saturated rings. The van der Waals surface area contributed by atoms with Crippen LogP contribution in [0.4, 0.5) is 0 Å². The molecule has 4 nitrogen and oxygen atoms in total. The Morgan fingerprint density at radius 3 is 2.17 bits per heavy atom. The van der Waals surface area contributed by atoms with Gasteiger partial charge in [0.2, 0.25) is 0 Å². The van der Waals surface area contributed by atoms with E-state index in [-0.39, 0.29) is 19.5 Å². The fourth-order valence-electron chi connectivity index (χ4n) is 0.565. The third-order valence-electron chi connectivity index (χ3n) is 0.957. The van der Waals surface area contributed by atoms with E-state index in [4.69, 9.17) is 20.6 Å². The summed E-state index contributed by atoms with van der Waals surface area (Å²) in [7, 11) is -3.50. The Balaban J connectivity index is 4.50. The van der Waals surface area contributed by atoms with Crippen LogP contribution in [-0.2, 0) is 13.6 Å². The van der Waals surface area contributed by atoms with Crippen LogP contribution in [0, 0.1) is 0 Å². The smallest absolute Gasteiger partial charge is 0.371 e. The van der Waals surface area contributed by atoms with E-state index in [0.29, 0.717) is 0 Å². The molecule has 0 unspecified atom stereocenters. The molecule has 72 valence electrons. The lowest BCUT2D eigenvalue weighted by Gasteiger charge is -2.16. The van der Waals surface area contributed by atoms with E-state index in [1.165, 1.54) is 0 Å². The topological polar surface area (TPSA) is 58.6 Å². The summed E-state index contributed by atoms with van der Waals surface area (Å²) in [4.78, 5) is 0. The molecule has 0 saturated carbocycles. The quantitative estimate of drug-likeness (QED) is 0.515. The molecule has 0 N–H and O–H groups in total. The summed E-state index contributed by atoms with van der Waals surface area (Å²) in [6.45, 7) is 3.64. The average molecular weight is 214 g/mol. The monoisotopic (exact) mass is 213 g/mol. The Morgan fingerprint density at radius 2 is 1.92 bits per heavy atom. The van der Waals surface area contributed by atoms with Crippen LogP contribution in [0.5, 0.6) is 0 Å². The molecule has 0 heterocycles. The van der Waals surface area contributed by atoms with E-state index in [1.807, 2.05) is 0 Å². The predicted octanol–water partition coefficient (Wildman–Crippen LogP) is 1.65. The van der Waals surface area contributed by atoms with E-state index in [9.17, 15) is 9.67 Å². The maximum Gasteiger partial charge on any atom is 0.371 e. The number of hydrogen-bond donors (Lipinski definition) is 0. The highest BCUT2D eigenvalue weighted by molar-refractivity contribution is 7.61. The van der Waals surface area contributed by atoms with E-state index in [0.717, 1.165) is 0 Å². The van der Waals surface area contributed by atoms with Gasteiger partial charge in [0.25, 0.3) is 0 Å². The maximum atomic E-state index is 11.5. The van der Waals surface area contributed by atoms with Gasteiger partial charge in [-0.1, -0.05) is 11.6 Å². The van der Waals surface area contributed by atoms with Crippen molar-refractivity contribution in [1.29, 1.82) is 0 Å². The van der Waals surface area contributed by atoms with Gasteiger partial charge in [-0.05, 0) is 13.8 Å². The second-order valence-electron chi connectivity index (χ2n) is 1.77. The van der Waals surface area contributed by atoms with E-state index in [1.54, 1.807) is 13.8 Å². The first-order valence-electron chi connectivity index (χ1n) is 3.48. The van der Waals surface area contributed by atoms with Crippen LogP contribution in [0.2, 0.25) is 0 Å². The number of hydrogen-bond acceptors (Lipinski definition) is 4. The first-order chi connectivity index (χ1) is 5.60. The highest BCUT2D eigenvalue weighted by atomic mass is 35.5. The largest absolute Gasteiger partial charge is 0.877 e. The van der Waals surface area contributed by atoms with Crippen molar-refractivity contribution in [2.45, 2.75) is 13.8 Å². The highest BCUT2D eigenvalue weighted by Crippen LogP contribution is 2.57. The first kappa shape index (κ1) is 12.0. The van der Waals surface area contributed by atoms with Gasteiger partial charge in [-0.3, -0.25) is 4.57 Å². The van der Waals surface area contributed by atoms with E-state index in [2.05, 4.69) is 0 Å².